The van der Waals surface area contributed by atoms with Gasteiger partial charge in [-0.1, -0.05) is 30.3 Å². The number of carbonyl (C=O) groups is 2. The molecule has 1 aliphatic carbocycles. The zero-order chi connectivity index (χ0) is 19.6. The van der Waals surface area contributed by atoms with Crippen LogP contribution in [0.4, 0.5) is 0 Å². The van der Waals surface area contributed by atoms with Gasteiger partial charge in [0.25, 0.3) is 5.56 Å². The van der Waals surface area contributed by atoms with Crippen molar-refractivity contribution in [2.45, 2.75) is 44.9 Å². The highest BCUT2D eigenvalue weighted by molar-refractivity contribution is 5.83. The van der Waals surface area contributed by atoms with Crippen molar-refractivity contribution < 1.29 is 14.7 Å². The molecule has 1 aliphatic rings. The van der Waals surface area contributed by atoms with Gasteiger partial charge < -0.3 is 10.0 Å². The molecule has 27 heavy (non-hydrogen) atoms. The first kappa shape index (κ1) is 18.6. The summed E-state index contributed by atoms with van der Waals surface area (Å²) in [5.41, 5.74) is -0.301. The topological polar surface area (TPSA) is 102 Å². The van der Waals surface area contributed by atoms with Crippen LogP contribution in [-0.4, -0.2) is 43.1 Å². The summed E-state index contributed by atoms with van der Waals surface area (Å²) >= 11 is 0. The Morgan fingerprint density at radius 1 is 1.19 bits per heavy atom. The Kier molecular flexibility index (Phi) is 5.25. The van der Waals surface area contributed by atoms with E-state index in [2.05, 4.69) is 0 Å². The fraction of sp³-hybridized carbons (Fsp3) is 0.368. The van der Waals surface area contributed by atoms with Crippen LogP contribution in [0, 0.1) is 0 Å². The molecule has 0 saturated heterocycles. The largest absolute Gasteiger partial charge is 0.480 e. The molecule has 2 aromatic rings. The zero-order valence-electron chi connectivity index (χ0n) is 14.9. The second-order valence-electron chi connectivity index (χ2n) is 6.68. The number of rotatable bonds is 7. The summed E-state index contributed by atoms with van der Waals surface area (Å²) in [6.45, 7) is 1.23. The third-order valence-electron chi connectivity index (χ3n) is 4.63. The highest BCUT2D eigenvalue weighted by Gasteiger charge is 2.38. The molecule has 0 spiro atoms. The molecule has 8 heteroatoms. The van der Waals surface area contributed by atoms with Crippen LogP contribution in [-0.2, 0) is 22.7 Å². The quantitative estimate of drug-likeness (QED) is 0.765. The third-order valence-corrected chi connectivity index (χ3v) is 4.63. The van der Waals surface area contributed by atoms with E-state index in [4.69, 9.17) is 0 Å². The van der Waals surface area contributed by atoms with Crippen LogP contribution in [0.25, 0.3) is 0 Å². The SMILES string of the molecule is CC(C(=O)O)N(C(=O)Cn1c(=O)ccn(Cc2ccccc2)c1=O)C1CC1. The number of carboxylic acids is 1. The first-order valence-corrected chi connectivity index (χ1v) is 8.76. The molecular formula is C19H21N3O5. The minimum absolute atomic E-state index is 0.144. The van der Waals surface area contributed by atoms with E-state index in [1.54, 1.807) is 0 Å². The third kappa shape index (κ3) is 4.16. The van der Waals surface area contributed by atoms with Crippen molar-refractivity contribution in [3.8, 4) is 0 Å². The van der Waals surface area contributed by atoms with Gasteiger partial charge in [-0.15, -0.1) is 0 Å². The maximum Gasteiger partial charge on any atom is 0.331 e. The minimum Gasteiger partial charge on any atom is -0.480 e. The average Bonchev–Trinajstić information content (AvgIpc) is 3.47. The zero-order valence-corrected chi connectivity index (χ0v) is 14.9. The first-order valence-electron chi connectivity index (χ1n) is 8.76. The lowest BCUT2D eigenvalue weighted by Crippen LogP contribution is -2.49. The lowest BCUT2D eigenvalue weighted by Gasteiger charge is -2.26. The molecule has 1 aromatic carbocycles. The summed E-state index contributed by atoms with van der Waals surface area (Å²) < 4.78 is 2.21. The predicted octanol–water partition coefficient (Wildman–Crippen LogP) is 0.522. The van der Waals surface area contributed by atoms with Gasteiger partial charge in [0.1, 0.15) is 12.6 Å². The Morgan fingerprint density at radius 3 is 2.44 bits per heavy atom. The van der Waals surface area contributed by atoms with Gasteiger partial charge in [-0.05, 0) is 25.3 Å². The molecule has 0 bridgehead atoms. The van der Waals surface area contributed by atoms with Gasteiger partial charge in [0, 0.05) is 18.3 Å². The van der Waals surface area contributed by atoms with Gasteiger partial charge in [0.05, 0.1) is 6.54 Å². The maximum atomic E-state index is 12.7. The number of hydrogen-bond acceptors (Lipinski definition) is 4. The smallest absolute Gasteiger partial charge is 0.331 e. The van der Waals surface area contributed by atoms with Crippen molar-refractivity contribution in [1.82, 2.24) is 14.0 Å². The first-order chi connectivity index (χ1) is 12.9. The van der Waals surface area contributed by atoms with Crippen molar-refractivity contribution in [1.29, 1.82) is 0 Å². The molecule has 1 fully saturated rings. The van der Waals surface area contributed by atoms with Gasteiger partial charge in [-0.2, -0.15) is 0 Å². The number of amides is 1. The van der Waals surface area contributed by atoms with E-state index in [1.165, 1.54) is 28.7 Å². The number of aliphatic carboxylic acids is 1. The van der Waals surface area contributed by atoms with E-state index < -0.39 is 35.7 Å². The molecule has 1 atom stereocenters. The van der Waals surface area contributed by atoms with Crippen LogP contribution >= 0.6 is 0 Å². The van der Waals surface area contributed by atoms with E-state index in [-0.39, 0.29) is 12.6 Å². The summed E-state index contributed by atoms with van der Waals surface area (Å²) in [4.78, 5) is 50.1. The van der Waals surface area contributed by atoms with Gasteiger partial charge >= 0.3 is 11.7 Å². The van der Waals surface area contributed by atoms with Gasteiger partial charge in [0.2, 0.25) is 5.91 Å². The van der Waals surface area contributed by atoms with Crippen LogP contribution < -0.4 is 11.2 Å². The number of benzene rings is 1. The van der Waals surface area contributed by atoms with Crippen LogP contribution in [0.3, 0.4) is 0 Å². The number of nitrogens with zero attached hydrogens (tertiary/aromatic N) is 3. The minimum atomic E-state index is -1.11. The van der Waals surface area contributed by atoms with Crippen molar-refractivity contribution in [3.63, 3.8) is 0 Å². The fourth-order valence-corrected chi connectivity index (χ4v) is 3.03. The standard InChI is InChI=1S/C19H21N3O5/c1-13(18(25)26)22(15-7-8-15)17(24)12-21-16(23)9-10-20(19(21)27)11-14-5-3-2-4-6-14/h2-6,9-10,13,15H,7-8,11-12H2,1H3,(H,25,26). The Morgan fingerprint density at radius 2 is 1.85 bits per heavy atom. The molecule has 1 heterocycles. The monoisotopic (exact) mass is 371 g/mol. The van der Waals surface area contributed by atoms with E-state index in [0.717, 1.165) is 23.0 Å². The summed E-state index contributed by atoms with van der Waals surface area (Å²) in [7, 11) is 0. The molecule has 1 unspecified atom stereocenters. The van der Waals surface area contributed by atoms with Crippen molar-refractivity contribution >= 4 is 11.9 Å². The fourth-order valence-electron chi connectivity index (χ4n) is 3.03. The maximum absolute atomic E-state index is 12.7. The second kappa shape index (κ2) is 7.61. The molecule has 3 rings (SSSR count). The number of aromatic nitrogens is 2. The molecule has 0 radical (unpaired) electrons. The second-order valence-corrected chi connectivity index (χ2v) is 6.68. The van der Waals surface area contributed by atoms with Gasteiger partial charge in [-0.25, -0.2) is 9.59 Å². The lowest BCUT2D eigenvalue weighted by molar-refractivity contribution is -0.150. The molecule has 1 N–H and O–H groups in total. The molecule has 1 amide bonds. The van der Waals surface area contributed by atoms with Crippen LogP contribution in [0.5, 0.6) is 0 Å². The van der Waals surface area contributed by atoms with Crippen molar-refractivity contribution in [2.24, 2.45) is 0 Å². The van der Waals surface area contributed by atoms with E-state index in [1.807, 2.05) is 30.3 Å². The van der Waals surface area contributed by atoms with Crippen LogP contribution in [0.1, 0.15) is 25.3 Å². The predicted molar refractivity (Wildman–Crippen MR) is 97.5 cm³/mol. The Hall–Kier alpha value is -3.16. The number of carbonyl (C=O) groups excluding carboxylic acids is 1. The molecule has 8 nitrogen and oxygen atoms in total. The number of hydrogen-bond donors (Lipinski definition) is 1. The normalized spacial score (nSPS) is 14.6. The highest BCUT2D eigenvalue weighted by atomic mass is 16.4. The summed E-state index contributed by atoms with van der Waals surface area (Å²) in [6, 6.07) is 9.36. The average molecular weight is 371 g/mol. The van der Waals surface area contributed by atoms with Crippen molar-refractivity contribution in [2.75, 3.05) is 0 Å². The Labute approximate surface area is 155 Å². The van der Waals surface area contributed by atoms with Crippen LogP contribution in [0.2, 0.25) is 0 Å². The molecular weight excluding hydrogens is 350 g/mol. The highest BCUT2D eigenvalue weighted by Crippen LogP contribution is 2.29. The van der Waals surface area contributed by atoms with E-state index in [0.29, 0.717) is 0 Å². The van der Waals surface area contributed by atoms with E-state index in [9.17, 15) is 24.3 Å². The molecule has 0 aliphatic heterocycles. The number of carboxylic acid groups (broad SMARTS) is 1. The van der Waals surface area contributed by atoms with Gasteiger partial charge in [0.15, 0.2) is 0 Å². The lowest BCUT2D eigenvalue weighted by atomic mass is 10.2. The summed E-state index contributed by atoms with van der Waals surface area (Å²) in [5.74, 6) is -1.65. The summed E-state index contributed by atoms with van der Waals surface area (Å²) in [6.07, 6.45) is 2.85. The van der Waals surface area contributed by atoms with Gasteiger partial charge in [-0.3, -0.25) is 18.7 Å². The molecule has 1 aromatic heterocycles. The Bertz CT molecular complexity index is 959. The van der Waals surface area contributed by atoms with Crippen molar-refractivity contribution in [3.05, 3.63) is 69.0 Å². The van der Waals surface area contributed by atoms with E-state index >= 15 is 0 Å². The molecule has 142 valence electrons. The van der Waals surface area contributed by atoms with Crippen LogP contribution in [0.15, 0.2) is 52.2 Å². The molecule has 1 saturated carbocycles. The summed E-state index contributed by atoms with van der Waals surface area (Å²) in [5, 5.41) is 9.23. The Balaban J connectivity index is 1.86.